The van der Waals surface area contributed by atoms with Crippen LogP contribution in [0.1, 0.15) is 32.1 Å². The van der Waals surface area contributed by atoms with Crippen LogP contribution in [0.5, 0.6) is 0 Å². The normalized spacial score (nSPS) is 26.1. The second-order valence-electron chi connectivity index (χ2n) is 4.33. The van der Waals surface area contributed by atoms with Crippen molar-refractivity contribution in [1.82, 2.24) is 10.2 Å². The second kappa shape index (κ2) is 4.08. The minimum atomic E-state index is -0.398. The third-order valence-corrected chi connectivity index (χ3v) is 3.27. The monoisotopic (exact) mass is 211 g/mol. The van der Waals surface area contributed by atoms with Gasteiger partial charge in [-0.15, -0.1) is 0 Å². The molecule has 2 fully saturated rings. The summed E-state index contributed by atoms with van der Waals surface area (Å²) in [7, 11) is 0. The van der Waals surface area contributed by atoms with Gasteiger partial charge in [-0.1, -0.05) is 0 Å². The van der Waals surface area contributed by atoms with Crippen LogP contribution in [-0.4, -0.2) is 35.5 Å². The van der Waals surface area contributed by atoms with Crippen molar-refractivity contribution in [3.8, 4) is 0 Å². The highest BCUT2D eigenvalue weighted by Gasteiger charge is 2.34. The van der Waals surface area contributed by atoms with E-state index in [9.17, 15) is 9.59 Å². The first-order chi connectivity index (χ1) is 7.18. The zero-order valence-electron chi connectivity index (χ0n) is 8.74. The van der Waals surface area contributed by atoms with Crippen LogP contribution < -0.4 is 11.1 Å². The number of nitrogens with zero attached hydrogens (tertiary/aromatic N) is 1. The van der Waals surface area contributed by atoms with Crippen LogP contribution in [0.2, 0.25) is 0 Å². The molecule has 0 spiro atoms. The molecule has 2 rings (SSSR count). The molecular weight excluding hydrogens is 194 g/mol. The third-order valence-electron chi connectivity index (χ3n) is 3.27. The molecule has 3 amide bonds. The van der Waals surface area contributed by atoms with E-state index in [1.54, 1.807) is 4.90 Å². The quantitative estimate of drug-likeness (QED) is 0.684. The smallest absolute Gasteiger partial charge is 0.318 e. The molecule has 0 aromatic heterocycles. The maximum absolute atomic E-state index is 11.8. The first kappa shape index (κ1) is 10.3. The molecule has 1 saturated carbocycles. The van der Waals surface area contributed by atoms with Gasteiger partial charge >= 0.3 is 6.03 Å². The summed E-state index contributed by atoms with van der Waals surface area (Å²) >= 11 is 0. The number of hydrogen-bond donors (Lipinski definition) is 2. The summed E-state index contributed by atoms with van der Waals surface area (Å²) in [5.41, 5.74) is 5.24. The minimum Gasteiger partial charge on any atom is -0.368 e. The van der Waals surface area contributed by atoms with Gasteiger partial charge in [0.15, 0.2) is 0 Å². The topological polar surface area (TPSA) is 75.4 Å². The van der Waals surface area contributed by atoms with Gasteiger partial charge in [-0.2, -0.15) is 0 Å². The van der Waals surface area contributed by atoms with Gasteiger partial charge in [0.05, 0.1) is 0 Å². The highest BCUT2D eigenvalue weighted by atomic mass is 16.2. The Morgan fingerprint density at radius 2 is 1.93 bits per heavy atom. The Bertz CT molecular complexity index is 276. The third kappa shape index (κ3) is 2.06. The number of urea groups is 1. The molecule has 0 radical (unpaired) electrons. The Kier molecular flexibility index (Phi) is 2.79. The average Bonchev–Trinajstić information content (AvgIpc) is 2.59. The predicted octanol–water partition coefficient (Wildman–Crippen LogP) is 0.198. The molecule has 15 heavy (non-hydrogen) atoms. The summed E-state index contributed by atoms with van der Waals surface area (Å²) in [6, 6.07) is -0.210. The standard InChI is InChI=1S/C10H17N3O2/c11-9(14)8-5-2-6-13(8)10(15)12-7-3-1-4-7/h7-8H,1-6H2,(H2,11,14)(H,12,15). The molecule has 1 saturated heterocycles. The molecule has 5 nitrogen and oxygen atoms in total. The Balaban J connectivity index is 1.90. The summed E-state index contributed by atoms with van der Waals surface area (Å²) in [5.74, 6) is -0.392. The summed E-state index contributed by atoms with van der Waals surface area (Å²) in [5, 5.41) is 2.92. The second-order valence-corrected chi connectivity index (χ2v) is 4.33. The van der Waals surface area contributed by atoms with Crippen molar-refractivity contribution in [3.05, 3.63) is 0 Å². The number of carbonyl (C=O) groups is 2. The van der Waals surface area contributed by atoms with Crippen molar-refractivity contribution in [3.63, 3.8) is 0 Å². The Morgan fingerprint density at radius 3 is 2.47 bits per heavy atom. The van der Waals surface area contributed by atoms with Crippen LogP contribution in [0, 0.1) is 0 Å². The fraction of sp³-hybridized carbons (Fsp3) is 0.800. The Hall–Kier alpha value is -1.26. The predicted molar refractivity (Wildman–Crippen MR) is 55.1 cm³/mol. The van der Waals surface area contributed by atoms with E-state index in [1.807, 2.05) is 0 Å². The van der Waals surface area contributed by atoms with Gasteiger partial charge in [0.2, 0.25) is 5.91 Å². The maximum atomic E-state index is 11.8. The van der Waals surface area contributed by atoms with Crippen molar-refractivity contribution < 1.29 is 9.59 Å². The van der Waals surface area contributed by atoms with Gasteiger partial charge in [-0.05, 0) is 32.1 Å². The molecule has 1 aliphatic carbocycles. The first-order valence-corrected chi connectivity index (χ1v) is 5.55. The lowest BCUT2D eigenvalue weighted by Crippen LogP contribution is -2.51. The van der Waals surface area contributed by atoms with Gasteiger partial charge in [-0.3, -0.25) is 4.79 Å². The SMILES string of the molecule is NC(=O)C1CCCN1C(=O)NC1CCC1. The number of primary amides is 1. The van der Waals surface area contributed by atoms with Crippen LogP contribution in [0.25, 0.3) is 0 Å². The van der Waals surface area contributed by atoms with Crippen molar-refractivity contribution >= 4 is 11.9 Å². The minimum absolute atomic E-state index is 0.124. The summed E-state index contributed by atoms with van der Waals surface area (Å²) in [6.07, 6.45) is 4.87. The number of nitrogens with one attached hydrogen (secondary N) is 1. The van der Waals surface area contributed by atoms with E-state index < -0.39 is 11.9 Å². The Labute approximate surface area is 89.0 Å². The van der Waals surface area contributed by atoms with E-state index in [-0.39, 0.29) is 6.03 Å². The van der Waals surface area contributed by atoms with E-state index in [4.69, 9.17) is 5.73 Å². The van der Waals surface area contributed by atoms with Crippen LogP contribution in [-0.2, 0) is 4.79 Å². The number of nitrogens with two attached hydrogens (primary N) is 1. The molecular formula is C10H17N3O2. The van der Waals surface area contributed by atoms with E-state index in [0.717, 1.165) is 19.3 Å². The molecule has 5 heteroatoms. The van der Waals surface area contributed by atoms with E-state index in [2.05, 4.69) is 5.32 Å². The molecule has 1 unspecified atom stereocenters. The summed E-state index contributed by atoms with van der Waals surface area (Å²) in [6.45, 7) is 0.645. The highest BCUT2D eigenvalue weighted by molar-refractivity contribution is 5.86. The lowest BCUT2D eigenvalue weighted by molar-refractivity contribution is -0.121. The molecule has 84 valence electrons. The van der Waals surface area contributed by atoms with Crippen LogP contribution >= 0.6 is 0 Å². The molecule has 1 atom stereocenters. The average molecular weight is 211 g/mol. The number of amides is 3. The van der Waals surface area contributed by atoms with Crippen LogP contribution in [0.15, 0.2) is 0 Å². The number of rotatable bonds is 2. The van der Waals surface area contributed by atoms with Crippen LogP contribution in [0.4, 0.5) is 4.79 Å². The number of hydrogen-bond acceptors (Lipinski definition) is 2. The van der Waals surface area contributed by atoms with E-state index in [1.165, 1.54) is 6.42 Å². The van der Waals surface area contributed by atoms with Crippen molar-refractivity contribution in [2.24, 2.45) is 5.73 Å². The molecule has 0 aromatic carbocycles. The van der Waals surface area contributed by atoms with Gasteiger partial charge in [-0.25, -0.2) is 4.79 Å². The fourth-order valence-corrected chi connectivity index (χ4v) is 2.12. The first-order valence-electron chi connectivity index (χ1n) is 5.55. The molecule has 3 N–H and O–H groups in total. The lowest BCUT2D eigenvalue weighted by atomic mass is 9.93. The molecule has 0 aromatic rings. The molecule has 0 bridgehead atoms. The van der Waals surface area contributed by atoms with Crippen molar-refractivity contribution in [1.29, 1.82) is 0 Å². The largest absolute Gasteiger partial charge is 0.368 e. The number of likely N-dealkylation sites (tertiary alicyclic amines) is 1. The van der Waals surface area contributed by atoms with Gasteiger partial charge < -0.3 is 16.0 Å². The fourth-order valence-electron chi connectivity index (χ4n) is 2.12. The summed E-state index contributed by atoms with van der Waals surface area (Å²) in [4.78, 5) is 24.4. The molecule has 1 aliphatic heterocycles. The molecule has 1 heterocycles. The highest BCUT2D eigenvalue weighted by Crippen LogP contribution is 2.21. The van der Waals surface area contributed by atoms with E-state index in [0.29, 0.717) is 19.0 Å². The number of carbonyl (C=O) groups excluding carboxylic acids is 2. The van der Waals surface area contributed by atoms with Crippen molar-refractivity contribution in [2.75, 3.05) is 6.54 Å². The summed E-state index contributed by atoms with van der Waals surface area (Å²) < 4.78 is 0. The van der Waals surface area contributed by atoms with Gasteiger partial charge in [0.25, 0.3) is 0 Å². The Morgan fingerprint density at radius 1 is 1.20 bits per heavy atom. The zero-order valence-corrected chi connectivity index (χ0v) is 8.74. The van der Waals surface area contributed by atoms with Gasteiger partial charge in [0.1, 0.15) is 6.04 Å². The van der Waals surface area contributed by atoms with Crippen molar-refractivity contribution in [2.45, 2.75) is 44.2 Å². The van der Waals surface area contributed by atoms with Gasteiger partial charge in [0, 0.05) is 12.6 Å². The lowest BCUT2D eigenvalue weighted by Gasteiger charge is -2.30. The maximum Gasteiger partial charge on any atom is 0.318 e. The van der Waals surface area contributed by atoms with E-state index >= 15 is 0 Å². The van der Waals surface area contributed by atoms with Crippen LogP contribution in [0.3, 0.4) is 0 Å². The zero-order chi connectivity index (χ0) is 10.8. The molecule has 2 aliphatic rings.